The Morgan fingerprint density at radius 2 is 0.923 bits per heavy atom. The van der Waals surface area contributed by atoms with Crippen LogP contribution in [0, 0.1) is 14.3 Å². The lowest BCUT2D eigenvalue weighted by molar-refractivity contribution is 0.468. The lowest BCUT2D eigenvalue weighted by Crippen LogP contribution is -1.87. The molecule has 0 heterocycles. The van der Waals surface area contributed by atoms with Gasteiger partial charge >= 0.3 is 0 Å². The highest BCUT2D eigenvalue weighted by Gasteiger charge is 2.12. The highest BCUT2D eigenvalue weighted by Crippen LogP contribution is 2.38. The Balaban J connectivity index is 1.92. The van der Waals surface area contributed by atoms with Crippen molar-refractivity contribution in [3.05, 3.63) is 62.8 Å². The molecule has 0 aliphatic heterocycles. The predicted octanol–water partition coefficient (Wildman–Crippen LogP) is 7.49. The molecular formula is C20H10I4O2. The average molecular weight is 790 g/mol. The highest BCUT2D eigenvalue weighted by atomic mass is 127. The van der Waals surface area contributed by atoms with E-state index in [-0.39, 0.29) is 0 Å². The van der Waals surface area contributed by atoms with Crippen LogP contribution in [0.2, 0.25) is 0 Å². The molecule has 0 bridgehead atoms. The van der Waals surface area contributed by atoms with E-state index in [4.69, 9.17) is 0 Å². The molecular weight excluding hydrogens is 780 g/mol. The van der Waals surface area contributed by atoms with E-state index in [0.717, 1.165) is 47.0 Å². The summed E-state index contributed by atoms with van der Waals surface area (Å²) in [5, 5.41) is 24.6. The van der Waals surface area contributed by atoms with Crippen LogP contribution in [0.15, 0.2) is 48.5 Å². The Hall–Kier alpha value is -0.0800. The van der Waals surface area contributed by atoms with Crippen LogP contribution in [0.4, 0.5) is 0 Å². The molecule has 0 aliphatic rings. The van der Waals surface area contributed by atoms with Crippen molar-refractivity contribution in [2.45, 2.75) is 0 Å². The standard InChI is InChI=1S/C20H10I4O2/c21-15-7-11-5-9(1-3-13(11)17(23)19(15)25)10-2-4-14-12(6-10)8-16(22)20(26)18(14)24/h1-8,25-26H. The van der Waals surface area contributed by atoms with Crippen LogP contribution in [-0.2, 0) is 0 Å². The Bertz CT molecular complexity index is 1110. The first-order chi connectivity index (χ1) is 12.4. The number of rotatable bonds is 1. The van der Waals surface area contributed by atoms with E-state index in [1.54, 1.807) is 0 Å². The largest absolute Gasteiger partial charge is 0.506 e. The second kappa shape index (κ2) is 7.39. The summed E-state index contributed by atoms with van der Waals surface area (Å²) >= 11 is 8.72. The molecule has 2 N–H and O–H groups in total. The van der Waals surface area contributed by atoms with Gasteiger partial charge in [0.25, 0.3) is 0 Å². The van der Waals surface area contributed by atoms with Crippen molar-refractivity contribution in [1.82, 2.24) is 0 Å². The third-order valence-electron chi connectivity index (χ3n) is 4.34. The van der Waals surface area contributed by atoms with Crippen molar-refractivity contribution >= 4 is 112 Å². The van der Waals surface area contributed by atoms with E-state index in [2.05, 4.69) is 127 Å². The maximum Gasteiger partial charge on any atom is 0.142 e. The van der Waals surface area contributed by atoms with Gasteiger partial charge in [0.05, 0.1) is 14.3 Å². The number of benzene rings is 4. The zero-order valence-electron chi connectivity index (χ0n) is 13.0. The van der Waals surface area contributed by atoms with Gasteiger partial charge in [0.1, 0.15) is 11.5 Å². The van der Waals surface area contributed by atoms with E-state index in [1.807, 2.05) is 12.1 Å². The molecule has 130 valence electrons. The summed E-state index contributed by atoms with van der Waals surface area (Å²) in [6.45, 7) is 0. The van der Waals surface area contributed by atoms with Crippen LogP contribution >= 0.6 is 90.4 Å². The molecule has 4 aromatic carbocycles. The van der Waals surface area contributed by atoms with Crippen molar-refractivity contribution in [3.63, 3.8) is 0 Å². The summed E-state index contributed by atoms with van der Waals surface area (Å²) in [6, 6.07) is 16.7. The van der Waals surface area contributed by atoms with E-state index in [1.165, 1.54) is 0 Å². The van der Waals surface area contributed by atoms with Gasteiger partial charge in [-0.1, -0.05) is 24.3 Å². The van der Waals surface area contributed by atoms with Gasteiger partial charge < -0.3 is 10.2 Å². The van der Waals surface area contributed by atoms with Crippen molar-refractivity contribution in [1.29, 1.82) is 0 Å². The van der Waals surface area contributed by atoms with Crippen LogP contribution in [0.3, 0.4) is 0 Å². The van der Waals surface area contributed by atoms with Gasteiger partial charge in [0, 0.05) is 0 Å². The number of phenolic OH excluding ortho intramolecular Hbond substituents is 2. The van der Waals surface area contributed by atoms with Gasteiger partial charge in [-0.2, -0.15) is 0 Å². The lowest BCUT2D eigenvalue weighted by Gasteiger charge is -2.11. The molecule has 6 heteroatoms. The lowest BCUT2D eigenvalue weighted by atomic mass is 9.98. The van der Waals surface area contributed by atoms with Gasteiger partial charge in [0.15, 0.2) is 0 Å². The second-order valence-electron chi connectivity index (χ2n) is 5.91. The maximum atomic E-state index is 10.1. The first-order valence-corrected chi connectivity index (χ1v) is 11.9. The quantitative estimate of drug-likeness (QED) is 0.197. The molecule has 4 aromatic rings. The Labute approximate surface area is 204 Å². The van der Waals surface area contributed by atoms with Gasteiger partial charge in [-0.15, -0.1) is 0 Å². The fraction of sp³-hybridized carbons (Fsp3) is 0. The van der Waals surface area contributed by atoms with Crippen LogP contribution in [0.5, 0.6) is 11.5 Å². The van der Waals surface area contributed by atoms with Gasteiger partial charge in [-0.05, 0) is 147 Å². The topological polar surface area (TPSA) is 40.5 Å². The average Bonchev–Trinajstić information content (AvgIpc) is 2.63. The van der Waals surface area contributed by atoms with E-state index >= 15 is 0 Å². The third-order valence-corrected chi connectivity index (χ3v) is 8.17. The maximum absolute atomic E-state index is 10.1. The zero-order valence-corrected chi connectivity index (χ0v) is 21.7. The van der Waals surface area contributed by atoms with Crippen LogP contribution in [0.1, 0.15) is 0 Å². The third kappa shape index (κ3) is 3.28. The summed E-state index contributed by atoms with van der Waals surface area (Å²) < 4.78 is 3.48. The number of fused-ring (bicyclic) bond motifs is 2. The Morgan fingerprint density at radius 3 is 1.31 bits per heavy atom. The van der Waals surface area contributed by atoms with E-state index in [0.29, 0.717) is 11.5 Å². The fourth-order valence-corrected chi connectivity index (χ4v) is 6.80. The smallest absolute Gasteiger partial charge is 0.142 e. The molecule has 0 aliphatic carbocycles. The van der Waals surface area contributed by atoms with Crippen molar-refractivity contribution in [2.75, 3.05) is 0 Å². The fourth-order valence-electron chi connectivity index (χ4n) is 3.00. The molecule has 26 heavy (non-hydrogen) atoms. The molecule has 0 amide bonds. The normalized spacial score (nSPS) is 11.4. The number of phenols is 2. The number of halogens is 4. The molecule has 2 nitrogen and oxygen atoms in total. The number of hydrogen-bond donors (Lipinski definition) is 2. The van der Waals surface area contributed by atoms with Crippen LogP contribution in [0.25, 0.3) is 32.7 Å². The van der Waals surface area contributed by atoms with Gasteiger partial charge in [0.2, 0.25) is 0 Å². The number of aromatic hydroxyl groups is 2. The molecule has 4 rings (SSSR count). The Kier molecular flexibility index (Phi) is 5.47. The highest BCUT2D eigenvalue weighted by molar-refractivity contribution is 14.1. The summed E-state index contributed by atoms with van der Waals surface area (Å²) in [6.07, 6.45) is 0. The van der Waals surface area contributed by atoms with E-state index in [9.17, 15) is 10.2 Å². The molecule has 0 radical (unpaired) electrons. The first kappa shape index (κ1) is 19.2. The van der Waals surface area contributed by atoms with Crippen molar-refractivity contribution in [2.24, 2.45) is 0 Å². The molecule has 0 saturated heterocycles. The first-order valence-electron chi connectivity index (χ1n) is 7.58. The van der Waals surface area contributed by atoms with Crippen molar-refractivity contribution in [3.8, 4) is 22.6 Å². The number of hydrogen-bond acceptors (Lipinski definition) is 2. The van der Waals surface area contributed by atoms with E-state index < -0.39 is 0 Å². The van der Waals surface area contributed by atoms with Gasteiger partial charge in [-0.3, -0.25) is 0 Å². The van der Waals surface area contributed by atoms with Gasteiger partial charge in [-0.25, -0.2) is 0 Å². The minimum atomic E-state index is 0.348. The minimum Gasteiger partial charge on any atom is -0.506 e. The SMILES string of the molecule is Oc1c(I)cc2cc(-c3ccc4c(I)c(O)c(I)cc4c3)ccc2c1I. The Morgan fingerprint density at radius 1 is 0.538 bits per heavy atom. The summed E-state index contributed by atoms with van der Waals surface area (Å²) in [5.74, 6) is 0.697. The summed E-state index contributed by atoms with van der Waals surface area (Å²) in [5.41, 5.74) is 2.27. The molecule has 0 unspecified atom stereocenters. The summed E-state index contributed by atoms with van der Waals surface area (Å²) in [7, 11) is 0. The van der Waals surface area contributed by atoms with Crippen LogP contribution < -0.4 is 0 Å². The molecule has 0 saturated carbocycles. The monoisotopic (exact) mass is 790 g/mol. The summed E-state index contributed by atoms with van der Waals surface area (Å²) in [4.78, 5) is 0. The molecule has 0 atom stereocenters. The minimum absolute atomic E-state index is 0.348. The molecule has 0 spiro atoms. The van der Waals surface area contributed by atoms with Crippen LogP contribution in [-0.4, -0.2) is 10.2 Å². The zero-order chi connectivity index (χ0) is 18.6. The molecule has 0 aromatic heterocycles. The molecule has 0 fully saturated rings. The second-order valence-corrected chi connectivity index (χ2v) is 10.4. The van der Waals surface area contributed by atoms with Crippen molar-refractivity contribution < 1.29 is 10.2 Å². The predicted molar refractivity (Wildman–Crippen MR) is 141 cm³/mol.